The first-order chi connectivity index (χ1) is 15.1. The van der Waals surface area contributed by atoms with Crippen LogP contribution in [-0.2, 0) is 25.5 Å². The molecule has 1 unspecified atom stereocenters. The number of benzene rings is 2. The van der Waals surface area contributed by atoms with Gasteiger partial charge in [-0.25, -0.2) is 9.59 Å². The molecular weight excluding hydrogens is 412 g/mol. The van der Waals surface area contributed by atoms with Crippen molar-refractivity contribution in [3.05, 3.63) is 59.7 Å². The van der Waals surface area contributed by atoms with Crippen LogP contribution in [0.2, 0.25) is 0 Å². The van der Waals surface area contributed by atoms with Crippen molar-refractivity contribution in [2.45, 2.75) is 45.8 Å². The van der Waals surface area contributed by atoms with Crippen molar-refractivity contribution in [3.8, 4) is 5.75 Å². The van der Waals surface area contributed by atoms with E-state index in [-0.39, 0.29) is 12.5 Å². The quantitative estimate of drug-likeness (QED) is 0.606. The fourth-order valence-electron chi connectivity index (χ4n) is 2.80. The predicted molar refractivity (Wildman–Crippen MR) is 121 cm³/mol. The fourth-order valence-corrected chi connectivity index (χ4v) is 2.80. The number of carbonyl (C=O) groups is 3. The lowest BCUT2D eigenvalue weighted by molar-refractivity contribution is -0.142. The Morgan fingerprint density at radius 3 is 2.31 bits per heavy atom. The molecule has 2 amide bonds. The minimum Gasteiger partial charge on any atom is -0.482 e. The molecule has 8 heteroatoms. The largest absolute Gasteiger partial charge is 0.482 e. The third-order valence-corrected chi connectivity index (χ3v) is 4.33. The van der Waals surface area contributed by atoms with E-state index in [0.717, 1.165) is 11.1 Å². The maximum absolute atomic E-state index is 13.0. The van der Waals surface area contributed by atoms with Gasteiger partial charge in [0.1, 0.15) is 17.4 Å². The van der Waals surface area contributed by atoms with Gasteiger partial charge in [0.2, 0.25) is 5.91 Å². The summed E-state index contributed by atoms with van der Waals surface area (Å²) in [5, 5.41) is 5.51. The molecule has 0 saturated carbocycles. The molecule has 0 aliphatic rings. The van der Waals surface area contributed by atoms with E-state index in [1.54, 1.807) is 45.9 Å². The number of alkyl carbamates (subject to hydrolysis) is 1. The van der Waals surface area contributed by atoms with Gasteiger partial charge in [-0.2, -0.15) is 0 Å². The number of carbonyl (C=O) groups excluding carboxylic acids is 3. The van der Waals surface area contributed by atoms with Crippen LogP contribution < -0.4 is 15.4 Å². The summed E-state index contributed by atoms with van der Waals surface area (Å²) < 4.78 is 15.2. The van der Waals surface area contributed by atoms with Crippen LogP contribution in [0.1, 0.15) is 31.9 Å². The summed E-state index contributed by atoms with van der Waals surface area (Å²) in [5.41, 5.74) is 1.50. The van der Waals surface area contributed by atoms with Crippen molar-refractivity contribution in [1.82, 2.24) is 5.32 Å². The highest BCUT2D eigenvalue weighted by molar-refractivity contribution is 5.97. The van der Waals surface area contributed by atoms with Crippen molar-refractivity contribution >= 4 is 23.7 Å². The zero-order chi connectivity index (χ0) is 23.7. The molecule has 0 heterocycles. The lowest BCUT2D eigenvalue weighted by atomic mass is 10.0. The van der Waals surface area contributed by atoms with E-state index in [1.807, 2.05) is 30.3 Å². The highest BCUT2D eigenvalue weighted by atomic mass is 16.6. The Morgan fingerprint density at radius 2 is 1.72 bits per heavy atom. The van der Waals surface area contributed by atoms with Gasteiger partial charge in [-0.15, -0.1) is 0 Å². The Bertz CT molecular complexity index is 937. The van der Waals surface area contributed by atoms with Crippen molar-refractivity contribution in [1.29, 1.82) is 0 Å². The lowest BCUT2D eigenvalue weighted by Crippen LogP contribution is -2.47. The van der Waals surface area contributed by atoms with Crippen LogP contribution in [0.3, 0.4) is 0 Å². The minimum atomic E-state index is -0.845. The third kappa shape index (κ3) is 8.29. The second-order valence-electron chi connectivity index (χ2n) is 8.22. The molecule has 8 nitrogen and oxygen atoms in total. The number of nitrogens with one attached hydrogen (secondary N) is 2. The summed E-state index contributed by atoms with van der Waals surface area (Å²) in [6.45, 7) is 6.86. The Morgan fingerprint density at radius 1 is 1.03 bits per heavy atom. The van der Waals surface area contributed by atoms with Gasteiger partial charge < -0.3 is 24.8 Å². The van der Waals surface area contributed by atoms with E-state index in [9.17, 15) is 14.4 Å². The van der Waals surface area contributed by atoms with Crippen LogP contribution >= 0.6 is 0 Å². The third-order valence-electron chi connectivity index (χ3n) is 4.33. The van der Waals surface area contributed by atoms with Gasteiger partial charge in [0, 0.05) is 12.1 Å². The van der Waals surface area contributed by atoms with Gasteiger partial charge in [0.25, 0.3) is 0 Å². The number of hydrogen-bond donors (Lipinski definition) is 2. The van der Waals surface area contributed by atoms with Crippen LogP contribution in [0, 0.1) is 6.92 Å². The zero-order valence-electron chi connectivity index (χ0n) is 19.1. The van der Waals surface area contributed by atoms with Crippen LogP contribution in [0.5, 0.6) is 5.75 Å². The highest BCUT2D eigenvalue weighted by Crippen LogP contribution is 2.22. The number of anilines is 1. The van der Waals surface area contributed by atoms with Crippen LogP contribution in [-0.4, -0.2) is 43.3 Å². The molecule has 2 aromatic rings. The first-order valence-electron chi connectivity index (χ1n) is 10.2. The number of amides is 2. The second kappa shape index (κ2) is 11.2. The maximum atomic E-state index is 13.0. The Labute approximate surface area is 188 Å². The summed E-state index contributed by atoms with van der Waals surface area (Å²) in [4.78, 5) is 36.6. The Kier molecular flexibility index (Phi) is 8.63. The molecule has 2 rings (SSSR count). The highest BCUT2D eigenvalue weighted by Gasteiger charge is 2.25. The van der Waals surface area contributed by atoms with E-state index in [0.29, 0.717) is 17.9 Å². The fraction of sp³-hybridized carbons (Fsp3) is 0.375. The van der Waals surface area contributed by atoms with Crippen molar-refractivity contribution < 1.29 is 28.6 Å². The average Bonchev–Trinajstić information content (AvgIpc) is 2.72. The van der Waals surface area contributed by atoms with Crippen LogP contribution in [0.15, 0.2) is 48.5 Å². The topological polar surface area (TPSA) is 103 Å². The molecule has 2 aromatic carbocycles. The minimum absolute atomic E-state index is 0.208. The number of hydrogen-bond acceptors (Lipinski definition) is 6. The number of ether oxygens (including phenoxy) is 3. The zero-order valence-corrected chi connectivity index (χ0v) is 19.1. The van der Waals surface area contributed by atoms with Crippen molar-refractivity contribution in [2.75, 3.05) is 19.0 Å². The number of methoxy groups -OCH3 is 1. The van der Waals surface area contributed by atoms with Gasteiger partial charge in [-0.1, -0.05) is 30.3 Å². The van der Waals surface area contributed by atoms with E-state index in [4.69, 9.17) is 9.47 Å². The van der Waals surface area contributed by atoms with E-state index >= 15 is 0 Å². The summed E-state index contributed by atoms with van der Waals surface area (Å²) in [6.07, 6.45) is -0.373. The first kappa shape index (κ1) is 24.7. The van der Waals surface area contributed by atoms with Gasteiger partial charge in [0.05, 0.1) is 7.11 Å². The maximum Gasteiger partial charge on any atom is 0.408 e. The van der Waals surface area contributed by atoms with Gasteiger partial charge in [0.15, 0.2) is 6.61 Å². The molecule has 0 spiro atoms. The molecule has 0 saturated heterocycles. The second-order valence-corrected chi connectivity index (χ2v) is 8.22. The van der Waals surface area contributed by atoms with Crippen molar-refractivity contribution in [2.24, 2.45) is 0 Å². The standard InChI is InChI=1S/C24H30N2O6/c1-16-13-18(31-15-21(27)30-5)11-12-19(16)25-22(28)20(14-17-9-7-6-8-10-17)26-23(29)32-24(2,3)4/h6-13,20H,14-15H2,1-5H3,(H,25,28)(H,26,29). The number of esters is 1. The molecule has 0 radical (unpaired) electrons. The molecule has 1 atom stereocenters. The molecule has 0 aliphatic carbocycles. The molecule has 0 aliphatic heterocycles. The van der Waals surface area contributed by atoms with Gasteiger partial charge in [-0.3, -0.25) is 4.79 Å². The molecule has 0 fully saturated rings. The summed E-state index contributed by atoms with van der Waals surface area (Å²) >= 11 is 0. The summed E-state index contributed by atoms with van der Waals surface area (Å²) in [7, 11) is 1.28. The smallest absolute Gasteiger partial charge is 0.408 e. The predicted octanol–water partition coefficient (Wildman–Crippen LogP) is 3.62. The normalized spacial score (nSPS) is 11.8. The van der Waals surface area contributed by atoms with Crippen LogP contribution in [0.25, 0.3) is 0 Å². The average molecular weight is 443 g/mol. The number of aryl methyl sites for hydroxylation is 1. The number of rotatable bonds is 8. The Hall–Kier alpha value is -3.55. The van der Waals surface area contributed by atoms with Gasteiger partial charge in [-0.05, 0) is 57.0 Å². The SMILES string of the molecule is COC(=O)COc1ccc(NC(=O)C(Cc2ccccc2)NC(=O)OC(C)(C)C)c(C)c1. The molecular formula is C24H30N2O6. The molecule has 0 bridgehead atoms. The summed E-state index contributed by atoms with van der Waals surface area (Å²) in [5.74, 6) is -0.401. The monoisotopic (exact) mass is 442 g/mol. The lowest BCUT2D eigenvalue weighted by Gasteiger charge is -2.23. The van der Waals surface area contributed by atoms with Gasteiger partial charge >= 0.3 is 12.1 Å². The molecule has 0 aromatic heterocycles. The van der Waals surface area contributed by atoms with E-state index in [1.165, 1.54) is 7.11 Å². The first-order valence-corrected chi connectivity index (χ1v) is 10.2. The molecule has 2 N–H and O–H groups in total. The Balaban J connectivity index is 2.12. The molecule has 172 valence electrons. The molecule has 32 heavy (non-hydrogen) atoms. The summed E-state index contributed by atoms with van der Waals surface area (Å²) in [6, 6.07) is 13.6. The van der Waals surface area contributed by atoms with E-state index in [2.05, 4.69) is 15.4 Å². The van der Waals surface area contributed by atoms with Crippen LogP contribution in [0.4, 0.5) is 10.5 Å². The van der Waals surface area contributed by atoms with E-state index < -0.39 is 23.7 Å². The van der Waals surface area contributed by atoms with Crippen molar-refractivity contribution in [3.63, 3.8) is 0 Å².